The molecule has 3 N–H and O–H groups in total. The lowest BCUT2D eigenvalue weighted by Gasteiger charge is -2.20. The Morgan fingerprint density at radius 2 is 1.49 bits per heavy atom. The molecule has 7 nitrogen and oxygen atoms in total. The third-order valence-corrected chi connectivity index (χ3v) is 6.53. The summed E-state index contributed by atoms with van der Waals surface area (Å²) in [7, 11) is 0. The van der Waals surface area contributed by atoms with Gasteiger partial charge in [0.25, 0.3) is 11.8 Å². The van der Waals surface area contributed by atoms with E-state index in [0.29, 0.717) is 16.8 Å². The molecule has 0 aromatic heterocycles. The van der Waals surface area contributed by atoms with Gasteiger partial charge in [0.05, 0.1) is 12.6 Å². The van der Waals surface area contributed by atoms with Gasteiger partial charge in [-0.15, -0.1) is 0 Å². The third kappa shape index (κ3) is 7.43. The Kier molecular flexibility index (Phi) is 8.92. The fraction of sp³-hybridized carbons (Fsp3) is 0.300. The molecule has 1 aliphatic rings. The second-order valence-corrected chi connectivity index (χ2v) is 9.37. The van der Waals surface area contributed by atoms with Crippen LogP contribution in [0.15, 0.2) is 78.9 Å². The molecule has 3 aromatic carbocycles. The highest BCUT2D eigenvalue weighted by molar-refractivity contribution is 5.98. The number of nitrogens with one attached hydrogen (secondary N) is 3. The van der Waals surface area contributed by atoms with Crippen LogP contribution in [0.5, 0.6) is 0 Å². The second-order valence-electron chi connectivity index (χ2n) is 9.37. The molecule has 1 unspecified atom stereocenters. The summed E-state index contributed by atoms with van der Waals surface area (Å²) in [5.41, 5.74) is 3.45. The van der Waals surface area contributed by atoms with Crippen molar-refractivity contribution in [3.05, 3.63) is 95.6 Å². The lowest BCUT2D eigenvalue weighted by Crippen LogP contribution is -2.31. The molecule has 0 bridgehead atoms. The molecule has 1 saturated heterocycles. The van der Waals surface area contributed by atoms with Gasteiger partial charge >= 0.3 is 0 Å². The maximum absolute atomic E-state index is 12.8. The first-order valence-corrected chi connectivity index (χ1v) is 12.9. The summed E-state index contributed by atoms with van der Waals surface area (Å²) in [6, 6.07) is 23.7. The van der Waals surface area contributed by atoms with Crippen LogP contribution < -0.4 is 16.0 Å². The van der Waals surface area contributed by atoms with Gasteiger partial charge in [-0.05, 0) is 67.8 Å². The van der Waals surface area contributed by atoms with E-state index in [1.54, 1.807) is 36.4 Å². The number of nitrogens with zero attached hydrogens (tertiary/aromatic N) is 1. The van der Waals surface area contributed by atoms with Crippen LogP contribution in [-0.4, -0.2) is 42.3 Å². The molecule has 37 heavy (non-hydrogen) atoms. The van der Waals surface area contributed by atoms with Crippen molar-refractivity contribution in [2.24, 2.45) is 0 Å². The van der Waals surface area contributed by atoms with Crippen molar-refractivity contribution in [3.63, 3.8) is 0 Å². The Bertz CT molecular complexity index is 1200. The van der Waals surface area contributed by atoms with E-state index in [1.165, 1.54) is 12.8 Å². The molecule has 0 aliphatic carbocycles. The van der Waals surface area contributed by atoms with Gasteiger partial charge in [-0.3, -0.25) is 14.4 Å². The predicted octanol–water partition coefficient (Wildman–Crippen LogP) is 5.24. The van der Waals surface area contributed by atoms with Crippen LogP contribution in [0.4, 0.5) is 11.4 Å². The first kappa shape index (κ1) is 25.9. The van der Waals surface area contributed by atoms with Crippen molar-refractivity contribution in [2.75, 3.05) is 30.3 Å². The van der Waals surface area contributed by atoms with E-state index in [0.717, 1.165) is 37.2 Å². The molecule has 7 heteroatoms. The fourth-order valence-electron chi connectivity index (χ4n) is 4.42. The summed E-state index contributed by atoms with van der Waals surface area (Å²) < 4.78 is 0. The minimum atomic E-state index is -0.236. The van der Waals surface area contributed by atoms with Gasteiger partial charge in [0.15, 0.2) is 0 Å². The van der Waals surface area contributed by atoms with Gasteiger partial charge in [0, 0.05) is 35.6 Å². The van der Waals surface area contributed by atoms with Crippen LogP contribution in [0.1, 0.15) is 64.9 Å². The minimum absolute atomic E-state index is 0.0564. The summed E-state index contributed by atoms with van der Waals surface area (Å²) in [5.74, 6) is -0.381. The van der Waals surface area contributed by atoms with Gasteiger partial charge in [0.2, 0.25) is 5.91 Å². The average Bonchev–Trinajstić information content (AvgIpc) is 3.22. The van der Waals surface area contributed by atoms with Gasteiger partial charge in [-0.2, -0.15) is 0 Å². The Hall–Kier alpha value is -4.13. The first-order valence-electron chi connectivity index (χ1n) is 12.9. The van der Waals surface area contributed by atoms with E-state index in [1.807, 2.05) is 54.3 Å². The van der Waals surface area contributed by atoms with Crippen molar-refractivity contribution < 1.29 is 14.4 Å². The van der Waals surface area contributed by atoms with E-state index in [2.05, 4.69) is 16.0 Å². The Balaban J connectivity index is 1.27. The van der Waals surface area contributed by atoms with E-state index in [-0.39, 0.29) is 30.3 Å². The third-order valence-electron chi connectivity index (χ3n) is 6.53. The van der Waals surface area contributed by atoms with E-state index >= 15 is 0 Å². The molecule has 1 atom stereocenters. The van der Waals surface area contributed by atoms with Gasteiger partial charge in [-0.1, -0.05) is 49.2 Å². The van der Waals surface area contributed by atoms with Crippen LogP contribution in [0.3, 0.4) is 0 Å². The summed E-state index contributed by atoms with van der Waals surface area (Å²) in [4.78, 5) is 39.9. The molecule has 3 aromatic rings. The molecule has 0 spiro atoms. The normalized spacial score (nSPS) is 14.2. The molecule has 4 rings (SSSR count). The lowest BCUT2D eigenvalue weighted by molar-refractivity contribution is -0.114. The number of carbonyl (C=O) groups excluding carboxylic acids is 3. The summed E-state index contributed by atoms with van der Waals surface area (Å²) in [5, 5.41) is 8.90. The maximum atomic E-state index is 12.8. The first-order chi connectivity index (χ1) is 18.0. The van der Waals surface area contributed by atoms with Crippen molar-refractivity contribution in [1.82, 2.24) is 10.2 Å². The minimum Gasteiger partial charge on any atom is -0.376 e. The number of hydrogen-bond acceptors (Lipinski definition) is 4. The van der Waals surface area contributed by atoms with Crippen LogP contribution in [0.2, 0.25) is 0 Å². The Morgan fingerprint density at radius 3 is 2.19 bits per heavy atom. The van der Waals surface area contributed by atoms with Gasteiger partial charge in [0.1, 0.15) is 0 Å². The maximum Gasteiger partial charge on any atom is 0.253 e. The van der Waals surface area contributed by atoms with Crippen LogP contribution in [-0.2, 0) is 4.79 Å². The molecular weight excluding hydrogens is 464 g/mol. The quantitative estimate of drug-likeness (QED) is 0.396. The number of rotatable bonds is 8. The molecule has 0 saturated carbocycles. The van der Waals surface area contributed by atoms with Crippen molar-refractivity contribution >= 4 is 29.1 Å². The van der Waals surface area contributed by atoms with E-state index in [9.17, 15) is 14.4 Å². The number of carbonyl (C=O) groups is 3. The Labute approximate surface area is 218 Å². The smallest absolute Gasteiger partial charge is 0.253 e. The lowest BCUT2D eigenvalue weighted by atomic mass is 10.1. The van der Waals surface area contributed by atoms with Gasteiger partial charge in [-0.25, -0.2) is 0 Å². The zero-order valence-corrected chi connectivity index (χ0v) is 21.2. The SMILES string of the molecule is CC(NC(=O)c1cccc(NC(=O)CNc2ccc(C(=O)N3CCCCCC3)cc2)c1)c1ccccc1. The van der Waals surface area contributed by atoms with Crippen molar-refractivity contribution in [2.45, 2.75) is 38.6 Å². The highest BCUT2D eigenvalue weighted by Gasteiger charge is 2.17. The molecular formula is C30H34N4O3. The molecule has 1 aliphatic heterocycles. The highest BCUT2D eigenvalue weighted by atomic mass is 16.2. The monoisotopic (exact) mass is 498 g/mol. The highest BCUT2D eigenvalue weighted by Crippen LogP contribution is 2.17. The molecule has 1 fully saturated rings. The standard InChI is InChI=1S/C30H34N4O3/c1-22(23-10-5-4-6-11-23)32-29(36)25-12-9-13-27(20-25)33-28(35)21-31-26-16-14-24(15-17-26)30(37)34-18-7-2-3-8-19-34/h4-6,9-17,20,22,31H,2-3,7-8,18-19,21H2,1H3,(H,32,36)(H,33,35). The van der Waals surface area contributed by atoms with Crippen LogP contribution in [0.25, 0.3) is 0 Å². The summed E-state index contributed by atoms with van der Waals surface area (Å²) in [6.45, 7) is 3.62. The zero-order chi connectivity index (χ0) is 26.0. The number of likely N-dealkylation sites (tertiary alicyclic amines) is 1. The average molecular weight is 499 g/mol. The molecule has 1 heterocycles. The van der Waals surface area contributed by atoms with Crippen LogP contribution >= 0.6 is 0 Å². The van der Waals surface area contributed by atoms with Crippen LogP contribution in [0, 0.1) is 0 Å². The van der Waals surface area contributed by atoms with Gasteiger partial charge < -0.3 is 20.9 Å². The molecule has 3 amide bonds. The Morgan fingerprint density at radius 1 is 0.784 bits per heavy atom. The predicted molar refractivity (Wildman–Crippen MR) is 147 cm³/mol. The molecule has 192 valence electrons. The number of hydrogen-bond donors (Lipinski definition) is 3. The molecule has 0 radical (unpaired) electrons. The van der Waals surface area contributed by atoms with Crippen molar-refractivity contribution in [1.29, 1.82) is 0 Å². The zero-order valence-electron chi connectivity index (χ0n) is 21.2. The number of amides is 3. The second kappa shape index (κ2) is 12.7. The number of anilines is 2. The van der Waals surface area contributed by atoms with E-state index in [4.69, 9.17) is 0 Å². The van der Waals surface area contributed by atoms with Crippen molar-refractivity contribution in [3.8, 4) is 0 Å². The topological polar surface area (TPSA) is 90.5 Å². The van der Waals surface area contributed by atoms with E-state index < -0.39 is 0 Å². The number of benzene rings is 3. The fourth-order valence-corrected chi connectivity index (χ4v) is 4.42. The summed E-state index contributed by atoms with van der Waals surface area (Å²) >= 11 is 0. The largest absolute Gasteiger partial charge is 0.376 e. The summed E-state index contributed by atoms with van der Waals surface area (Å²) in [6.07, 6.45) is 4.47.